The fourth-order valence-electron chi connectivity index (χ4n) is 4.18. The predicted molar refractivity (Wildman–Crippen MR) is 112 cm³/mol. The molecule has 3 N–H and O–H groups in total. The second-order valence-electron chi connectivity index (χ2n) is 7.94. The minimum atomic E-state index is -0.429. The number of likely N-dealkylation sites (tertiary alicyclic amines) is 1. The number of carbonyl (C=O) groups excluding carboxylic acids is 2. The number of piperidine rings is 1. The van der Waals surface area contributed by atoms with Crippen molar-refractivity contribution in [1.29, 1.82) is 0 Å². The lowest BCUT2D eigenvalue weighted by Gasteiger charge is -2.38. The van der Waals surface area contributed by atoms with Crippen LogP contribution in [0.5, 0.6) is 0 Å². The number of aromatic nitrogens is 1. The third-order valence-corrected chi connectivity index (χ3v) is 5.78. The summed E-state index contributed by atoms with van der Waals surface area (Å²) < 4.78 is 23.6. The Morgan fingerprint density at radius 2 is 2.06 bits per heavy atom. The molecule has 0 saturated carbocycles. The monoisotopic (exact) mass is 432 g/mol. The van der Waals surface area contributed by atoms with Crippen LogP contribution in [-0.2, 0) is 16.1 Å². The van der Waals surface area contributed by atoms with Crippen molar-refractivity contribution < 1.29 is 23.2 Å². The summed E-state index contributed by atoms with van der Waals surface area (Å²) in [6.45, 7) is 5.55. The van der Waals surface area contributed by atoms with Gasteiger partial charge in [0.15, 0.2) is 0 Å². The zero-order chi connectivity index (χ0) is 22.4. The second-order valence-corrected chi connectivity index (χ2v) is 7.94. The molecular weight excluding hydrogens is 403 g/mol. The zero-order valence-electron chi connectivity index (χ0n) is 17.9. The molecule has 8 nitrogen and oxygen atoms in total. The molecule has 1 aliphatic heterocycles. The molecule has 2 heterocycles. The third kappa shape index (κ3) is 6.04. The van der Waals surface area contributed by atoms with Gasteiger partial charge in [0.2, 0.25) is 5.91 Å². The number of hydrogen-bond acceptors (Lipinski definition) is 5. The van der Waals surface area contributed by atoms with Gasteiger partial charge in [-0.15, -0.1) is 0 Å². The van der Waals surface area contributed by atoms with Gasteiger partial charge in [-0.25, -0.2) is 9.18 Å². The van der Waals surface area contributed by atoms with E-state index in [0.717, 1.165) is 35.4 Å². The Kier molecular flexibility index (Phi) is 7.62. The Bertz CT molecular complexity index is 880. The molecule has 2 atom stereocenters. The molecule has 9 heteroatoms. The number of ether oxygens (including phenoxy) is 1. The van der Waals surface area contributed by atoms with Gasteiger partial charge in [0.25, 0.3) is 0 Å². The number of benzene rings is 1. The van der Waals surface area contributed by atoms with E-state index in [1.165, 1.54) is 12.1 Å². The molecule has 31 heavy (non-hydrogen) atoms. The van der Waals surface area contributed by atoms with Gasteiger partial charge >= 0.3 is 6.03 Å². The highest BCUT2D eigenvalue weighted by Gasteiger charge is 2.34. The van der Waals surface area contributed by atoms with E-state index in [2.05, 4.69) is 10.5 Å². The summed E-state index contributed by atoms with van der Waals surface area (Å²) in [4.78, 5) is 25.4. The van der Waals surface area contributed by atoms with E-state index in [-0.39, 0.29) is 36.8 Å². The van der Waals surface area contributed by atoms with Crippen LogP contribution >= 0.6 is 0 Å². The summed E-state index contributed by atoms with van der Waals surface area (Å²) in [6, 6.07) is 5.54. The van der Waals surface area contributed by atoms with Crippen molar-refractivity contribution >= 4 is 11.9 Å². The van der Waals surface area contributed by atoms with E-state index in [4.69, 9.17) is 15.0 Å². The van der Waals surface area contributed by atoms with Gasteiger partial charge in [0.05, 0.1) is 12.3 Å². The first kappa shape index (κ1) is 22.7. The van der Waals surface area contributed by atoms with E-state index in [1.54, 1.807) is 17.0 Å². The quantitative estimate of drug-likeness (QED) is 0.666. The van der Waals surface area contributed by atoms with Crippen molar-refractivity contribution in [2.75, 3.05) is 26.2 Å². The lowest BCUT2D eigenvalue weighted by atomic mass is 9.78. The Balaban J connectivity index is 1.49. The van der Waals surface area contributed by atoms with Crippen LogP contribution in [-0.4, -0.2) is 48.2 Å². The van der Waals surface area contributed by atoms with E-state index in [9.17, 15) is 14.0 Å². The number of rotatable bonds is 8. The Labute approximate surface area is 180 Å². The number of hydrogen-bond donors (Lipinski definition) is 2. The minimum absolute atomic E-state index is 0.0547. The minimum Gasteiger partial charge on any atom is -0.367 e. The van der Waals surface area contributed by atoms with Gasteiger partial charge in [-0.3, -0.25) is 4.79 Å². The lowest BCUT2D eigenvalue weighted by Crippen LogP contribution is -2.46. The van der Waals surface area contributed by atoms with Gasteiger partial charge in [-0.1, -0.05) is 17.3 Å². The highest BCUT2D eigenvalue weighted by Crippen LogP contribution is 2.37. The average molecular weight is 432 g/mol. The summed E-state index contributed by atoms with van der Waals surface area (Å²) in [5.41, 5.74) is 8.14. The Morgan fingerprint density at radius 1 is 1.32 bits per heavy atom. The van der Waals surface area contributed by atoms with Crippen molar-refractivity contribution in [2.45, 2.75) is 39.2 Å². The number of urea groups is 1. The van der Waals surface area contributed by atoms with Gasteiger partial charge in [0.1, 0.15) is 18.2 Å². The van der Waals surface area contributed by atoms with Crippen molar-refractivity contribution in [2.24, 2.45) is 11.7 Å². The van der Waals surface area contributed by atoms with E-state index in [0.29, 0.717) is 19.6 Å². The molecule has 0 radical (unpaired) electrons. The second kappa shape index (κ2) is 10.4. The van der Waals surface area contributed by atoms with Crippen molar-refractivity contribution in [1.82, 2.24) is 15.4 Å². The first-order valence-electron chi connectivity index (χ1n) is 10.4. The largest absolute Gasteiger partial charge is 0.367 e. The molecule has 2 aromatic rings. The molecule has 0 bridgehead atoms. The number of carbonyl (C=O) groups is 2. The van der Waals surface area contributed by atoms with Crippen molar-refractivity contribution in [3.8, 4) is 0 Å². The fraction of sp³-hybridized carbons (Fsp3) is 0.500. The summed E-state index contributed by atoms with van der Waals surface area (Å²) >= 11 is 0. The number of nitrogens with zero attached hydrogens (tertiary/aromatic N) is 2. The molecule has 1 aliphatic rings. The molecule has 1 fully saturated rings. The number of aryl methyl sites for hydroxylation is 2. The molecule has 3 rings (SSSR count). The summed E-state index contributed by atoms with van der Waals surface area (Å²) in [5.74, 6) is 0.549. The smallest absolute Gasteiger partial charge is 0.314 e. The van der Waals surface area contributed by atoms with Crippen LogP contribution in [0.1, 0.15) is 41.3 Å². The highest BCUT2D eigenvalue weighted by molar-refractivity contribution is 5.77. The lowest BCUT2D eigenvalue weighted by molar-refractivity contribution is -0.126. The van der Waals surface area contributed by atoms with Gasteiger partial charge in [-0.2, -0.15) is 0 Å². The molecular formula is C22H29FN4O4. The predicted octanol–water partition coefficient (Wildman–Crippen LogP) is 2.64. The van der Waals surface area contributed by atoms with Gasteiger partial charge < -0.3 is 25.2 Å². The van der Waals surface area contributed by atoms with Crippen LogP contribution in [0, 0.1) is 25.6 Å². The average Bonchev–Trinajstić information content (AvgIpc) is 3.07. The first-order valence-corrected chi connectivity index (χ1v) is 10.4. The van der Waals surface area contributed by atoms with Gasteiger partial charge in [0, 0.05) is 31.1 Å². The summed E-state index contributed by atoms with van der Waals surface area (Å²) in [5, 5.41) is 6.94. The van der Waals surface area contributed by atoms with Crippen molar-refractivity contribution in [3.63, 3.8) is 0 Å². The van der Waals surface area contributed by atoms with Crippen LogP contribution < -0.4 is 11.1 Å². The van der Waals surface area contributed by atoms with E-state index < -0.39 is 6.03 Å². The Morgan fingerprint density at radius 3 is 2.71 bits per heavy atom. The normalized spacial score (nSPS) is 18.7. The number of nitrogens with two attached hydrogens (primary N) is 1. The highest BCUT2D eigenvalue weighted by atomic mass is 19.1. The first-order chi connectivity index (χ1) is 14.8. The number of amides is 3. The maximum Gasteiger partial charge on any atom is 0.314 e. The third-order valence-electron chi connectivity index (χ3n) is 5.78. The van der Waals surface area contributed by atoms with Crippen LogP contribution in [0.4, 0.5) is 9.18 Å². The van der Waals surface area contributed by atoms with Crippen molar-refractivity contribution in [3.05, 3.63) is 52.7 Å². The number of primary amides is 1. The summed E-state index contributed by atoms with van der Waals surface area (Å²) in [6.07, 6.45) is 1.54. The molecule has 168 valence electrons. The molecule has 3 amide bonds. The molecule has 0 aliphatic carbocycles. The van der Waals surface area contributed by atoms with Crippen LogP contribution in [0.15, 0.2) is 28.8 Å². The van der Waals surface area contributed by atoms with E-state index in [1.807, 2.05) is 13.8 Å². The molecule has 1 aromatic heterocycles. The summed E-state index contributed by atoms with van der Waals surface area (Å²) in [7, 11) is 0. The fourth-order valence-corrected chi connectivity index (χ4v) is 4.18. The maximum atomic E-state index is 12.9. The molecule has 2 unspecified atom stereocenters. The number of nitrogens with one attached hydrogen (secondary N) is 1. The standard InChI is InChI=1S/C22H29FN4O4/c1-14-21(15(2)31-26-14)19-11-27(22(24)29)10-8-17(19)7-9-25-20(28)13-30-12-16-3-5-18(23)6-4-16/h3-6,17,19H,7-13H2,1-2H3,(H2,24,29)(H,25,28). The van der Waals surface area contributed by atoms with Crippen LogP contribution in [0.2, 0.25) is 0 Å². The van der Waals surface area contributed by atoms with Crippen LogP contribution in [0.25, 0.3) is 0 Å². The molecule has 1 saturated heterocycles. The number of halogens is 1. The maximum absolute atomic E-state index is 12.9. The van der Waals surface area contributed by atoms with E-state index >= 15 is 0 Å². The Hall–Kier alpha value is -2.94. The van der Waals surface area contributed by atoms with Crippen LogP contribution in [0.3, 0.4) is 0 Å². The molecule has 0 spiro atoms. The molecule has 1 aromatic carbocycles. The SMILES string of the molecule is Cc1noc(C)c1C1CN(C(N)=O)CCC1CCNC(=O)COCc1ccc(F)cc1. The topological polar surface area (TPSA) is 111 Å². The van der Waals surface area contributed by atoms with Gasteiger partial charge in [-0.05, 0) is 50.3 Å². The zero-order valence-corrected chi connectivity index (χ0v) is 17.9.